The predicted molar refractivity (Wildman–Crippen MR) is 74.6 cm³/mol. The predicted octanol–water partition coefficient (Wildman–Crippen LogP) is 2.11. The fourth-order valence-corrected chi connectivity index (χ4v) is 3.18. The van der Waals surface area contributed by atoms with Crippen LogP contribution in [0.1, 0.15) is 0 Å². The van der Waals surface area contributed by atoms with Gasteiger partial charge in [0.05, 0.1) is 25.5 Å². The van der Waals surface area contributed by atoms with Gasteiger partial charge in [0, 0.05) is 23.6 Å². The van der Waals surface area contributed by atoms with Gasteiger partial charge in [0.15, 0.2) is 5.16 Å². The van der Waals surface area contributed by atoms with Crippen LogP contribution in [0, 0.1) is 11.2 Å². The van der Waals surface area contributed by atoms with E-state index in [-0.39, 0.29) is 17.8 Å². The average molecular weight is 294 g/mol. The molecule has 20 heavy (non-hydrogen) atoms. The average Bonchev–Trinajstić information content (AvgIpc) is 2.86. The van der Waals surface area contributed by atoms with Crippen molar-refractivity contribution < 1.29 is 14.2 Å². The first-order valence-electron chi connectivity index (χ1n) is 6.33. The third kappa shape index (κ3) is 2.59. The number of halogens is 1. The first-order valence-corrected chi connectivity index (χ1v) is 7.32. The lowest BCUT2D eigenvalue weighted by Crippen LogP contribution is -2.47. The largest absolute Gasteiger partial charge is 0.396 e. The van der Waals surface area contributed by atoms with Gasteiger partial charge in [0.1, 0.15) is 5.82 Å². The Bertz CT molecular complexity index is 593. The van der Waals surface area contributed by atoms with Crippen molar-refractivity contribution in [3.8, 4) is 5.69 Å². The first kappa shape index (κ1) is 13.6. The summed E-state index contributed by atoms with van der Waals surface area (Å²) in [5, 5.41) is 10.2. The van der Waals surface area contributed by atoms with Gasteiger partial charge in [-0.2, -0.15) is 0 Å². The van der Waals surface area contributed by atoms with E-state index in [0.29, 0.717) is 13.2 Å². The lowest BCUT2D eigenvalue weighted by molar-refractivity contribution is -0.121. The molecule has 0 bridgehead atoms. The number of hydrogen-bond donors (Lipinski definition) is 1. The summed E-state index contributed by atoms with van der Waals surface area (Å²) in [6.07, 6.45) is 3.50. The number of nitrogens with zero attached hydrogens (tertiary/aromatic N) is 2. The molecule has 106 valence electrons. The number of ether oxygens (including phenoxy) is 1. The highest BCUT2D eigenvalue weighted by Gasteiger charge is 2.38. The van der Waals surface area contributed by atoms with Crippen LogP contribution in [0.4, 0.5) is 4.39 Å². The van der Waals surface area contributed by atoms with Crippen LogP contribution in [-0.4, -0.2) is 40.2 Å². The molecule has 0 amide bonds. The second kappa shape index (κ2) is 5.55. The smallest absolute Gasteiger partial charge is 0.172 e. The number of thioether (sulfide) groups is 1. The summed E-state index contributed by atoms with van der Waals surface area (Å²) >= 11 is 1.55. The fraction of sp³-hybridized carbons (Fsp3) is 0.357. The van der Waals surface area contributed by atoms with E-state index in [1.807, 2.05) is 10.6 Å². The Hall–Kier alpha value is -1.37. The van der Waals surface area contributed by atoms with Gasteiger partial charge in [-0.3, -0.25) is 4.57 Å². The number of imidazole rings is 1. The molecule has 1 aromatic carbocycles. The molecule has 0 spiro atoms. The third-order valence-corrected chi connectivity index (χ3v) is 4.67. The first-order chi connectivity index (χ1) is 9.72. The van der Waals surface area contributed by atoms with E-state index < -0.39 is 0 Å². The topological polar surface area (TPSA) is 47.3 Å². The number of aromatic nitrogens is 2. The zero-order valence-corrected chi connectivity index (χ0v) is 11.6. The lowest BCUT2D eigenvalue weighted by atomic mass is 9.90. The van der Waals surface area contributed by atoms with Crippen molar-refractivity contribution in [1.82, 2.24) is 9.55 Å². The Balaban J connectivity index is 1.77. The molecule has 0 saturated carbocycles. The number of benzene rings is 1. The Kier molecular flexibility index (Phi) is 3.78. The summed E-state index contributed by atoms with van der Waals surface area (Å²) in [5.74, 6) is 0.460. The maximum Gasteiger partial charge on any atom is 0.172 e. The molecule has 4 nitrogen and oxygen atoms in total. The summed E-state index contributed by atoms with van der Waals surface area (Å²) in [7, 11) is 0. The van der Waals surface area contributed by atoms with Crippen LogP contribution in [0.5, 0.6) is 0 Å². The maximum atomic E-state index is 13.3. The quantitative estimate of drug-likeness (QED) is 0.858. The molecule has 6 heteroatoms. The molecule has 0 radical (unpaired) electrons. The molecule has 1 fully saturated rings. The maximum absolute atomic E-state index is 13.3. The van der Waals surface area contributed by atoms with Gasteiger partial charge in [0.25, 0.3) is 0 Å². The van der Waals surface area contributed by atoms with Crippen LogP contribution >= 0.6 is 11.8 Å². The molecule has 2 heterocycles. The molecule has 1 N–H and O–H groups in total. The molecule has 0 unspecified atom stereocenters. The van der Waals surface area contributed by atoms with Gasteiger partial charge in [-0.1, -0.05) is 17.8 Å². The van der Waals surface area contributed by atoms with Gasteiger partial charge >= 0.3 is 0 Å². The second-order valence-corrected chi connectivity index (χ2v) is 5.94. The number of aliphatic hydroxyl groups is 1. The van der Waals surface area contributed by atoms with Crippen molar-refractivity contribution in [2.75, 3.05) is 25.6 Å². The van der Waals surface area contributed by atoms with Gasteiger partial charge in [-0.15, -0.1) is 0 Å². The van der Waals surface area contributed by atoms with Crippen molar-refractivity contribution in [2.45, 2.75) is 5.16 Å². The van der Waals surface area contributed by atoms with Crippen LogP contribution in [0.2, 0.25) is 0 Å². The highest BCUT2D eigenvalue weighted by Crippen LogP contribution is 2.34. The number of aliphatic hydroxyl groups excluding tert-OH is 1. The normalized spacial score (nSPS) is 16.9. The summed E-state index contributed by atoms with van der Waals surface area (Å²) < 4.78 is 20.3. The van der Waals surface area contributed by atoms with E-state index in [1.54, 1.807) is 30.2 Å². The van der Waals surface area contributed by atoms with E-state index in [0.717, 1.165) is 16.6 Å². The molecule has 0 aliphatic carbocycles. The zero-order valence-electron chi connectivity index (χ0n) is 10.8. The fourth-order valence-electron chi connectivity index (χ4n) is 2.05. The van der Waals surface area contributed by atoms with Crippen LogP contribution in [0.15, 0.2) is 41.8 Å². The molecule has 3 rings (SSSR count). The highest BCUT2D eigenvalue weighted by atomic mass is 32.2. The zero-order chi connectivity index (χ0) is 14.0. The van der Waals surface area contributed by atoms with Gasteiger partial charge in [0.2, 0.25) is 0 Å². The lowest BCUT2D eigenvalue weighted by Gasteiger charge is -2.39. The summed E-state index contributed by atoms with van der Waals surface area (Å²) in [4.78, 5) is 4.30. The van der Waals surface area contributed by atoms with Crippen molar-refractivity contribution in [3.63, 3.8) is 0 Å². The van der Waals surface area contributed by atoms with Crippen LogP contribution in [0.25, 0.3) is 5.69 Å². The Morgan fingerprint density at radius 1 is 1.45 bits per heavy atom. The third-order valence-electron chi connectivity index (χ3n) is 3.35. The van der Waals surface area contributed by atoms with E-state index in [2.05, 4.69) is 4.98 Å². The Labute approximate surface area is 120 Å². The molecule has 1 aliphatic heterocycles. The summed E-state index contributed by atoms with van der Waals surface area (Å²) in [6.45, 7) is 1.27. The monoisotopic (exact) mass is 294 g/mol. The molecular formula is C14H15FN2O2S. The summed E-state index contributed by atoms with van der Waals surface area (Å²) in [5.41, 5.74) is 0.580. The van der Waals surface area contributed by atoms with Crippen molar-refractivity contribution in [1.29, 1.82) is 0 Å². The molecule has 1 aliphatic rings. The number of hydrogen-bond acceptors (Lipinski definition) is 4. The van der Waals surface area contributed by atoms with Gasteiger partial charge in [-0.25, -0.2) is 9.37 Å². The van der Waals surface area contributed by atoms with Crippen molar-refractivity contribution in [3.05, 3.63) is 42.5 Å². The Morgan fingerprint density at radius 2 is 2.30 bits per heavy atom. The van der Waals surface area contributed by atoms with E-state index >= 15 is 0 Å². The van der Waals surface area contributed by atoms with Crippen LogP contribution in [0.3, 0.4) is 0 Å². The van der Waals surface area contributed by atoms with Crippen molar-refractivity contribution >= 4 is 11.8 Å². The molecular weight excluding hydrogens is 279 g/mol. The number of rotatable bonds is 5. The molecule has 0 atom stereocenters. The Morgan fingerprint density at radius 3 is 2.95 bits per heavy atom. The van der Waals surface area contributed by atoms with Crippen LogP contribution < -0.4 is 0 Å². The molecule has 2 aromatic rings. The van der Waals surface area contributed by atoms with E-state index in [9.17, 15) is 9.50 Å². The molecule has 1 saturated heterocycles. The minimum absolute atomic E-state index is 0.112. The van der Waals surface area contributed by atoms with Crippen LogP contribution in [-0.2, 0) is 4.74 Å². The standard InChI is InChI=1S/C14H15FN2O2S/c15-11-2-1-3-12(6-11)17-5-4-16-13(17)20-10-14(7-18)8-19-9-14/h1-6,18H,7-10H2. The minimum atomic E-state index is -0.272. The summed E-state index contributed by atoms with van der Waals surface area (Å²) in [6, 6.07) is 6.40. The molecule has 1 aromatic heterocycles. The van der Waals surface area contributed by atoms with Gasteiger partial charge in [-0.05, 0) is 18.2 Å². The minimum Gasteiger partial charge on any atom is -0.396 e. The van der Waals surface area contributed by atoms with Crippen molar-refractivity contribution in [2.24, 2.45) is 5.41 Å². The van der Waals surface area contributed by atoms with E-state index in [1.165, 1.54) is 12.1 Å². The van der Waals surface area contributed by atoms with Gasteiger partial charge < -0.3 is 9.84 Å². The van der Waals surface area contributed by atoms with E-state index in [4.69, 9.17) is 4.74 Å². The SMILES string of the molecule is OCC1(CSc2nccn2-c2cccc(F)c2)COC1. The second-order valence-electron chi connectivity index (χ2n) is 5.00. The highest BCUT2D eigenvalue weighted by molar-refractivity contribution is 7.99.